The van der Waals surface area contributed by atoms with Crippen molar-refractivity contribution in [3.8, 4) is 11.5 Å². The van der Waals surface area contributed by atoms with Crippen LogP contribution in [0.3, 0.4) is 0 Å². The molecule has 0 aliphatic heterocycles. The first-order valence-corrected chi connectivity index (χ1v) is 6.65. The number of rotatable bonds is 3. The molecule has 0 unspecified atom stereocenters. The third kappa shape index (κ3) is 3.07. The predicted molar refractivity (Wildman–Crippen MR) is 81.0 cm³/mol. The number of aryl methyl sites for hydroxylation is 1. The van der Waals surface area contributed by atoms with Gasteiger partial charge in [-0.25, -0.2) is 0 Å². The SMILES string of the molecule is Cc1ccc(NCc2ccc(O)cc2O)cc1I. The van der Waals surface area contributed by atoms with E-state index < -0.39 is 0 Å². The second-order valence-corrected chi connectivity index (χ2v) is 5.29. The first kappa shape index (κ1) is 13.0. The molecule has 3 nitrogen and oxygen atoms in total. The molecule has 94 valence electrons. The van der Waals surface area contributed by atoms with Crippen molar-refractivity contribution in [1.82, 2.24) is 0 Å². The van der Waals surface area contributed by atoms with Gasteiger partial charge in [-0.15, -0.1) is 0 Å². The Morgan fingerprint density at radius 3 is 2.56 bits per heavy atom. The fraction of sp³-hybridized carbons (Fsp3) is 0.143. The molecule has 0 atom stereocenters. The molecule has 18 heavy (non-hydrogen) atoms. The Bertz CT molecular complexity index is 570. The topological polar surface area (TPSA) is 52.5 Å². The molecule has 0 aliphatic rings. The summed E-state index contributed by atoms with van der Waals surface area (Å²) in [6.07, 6.45) is 0. The van der Waals surface area contributed by atoms with Gasteiger partial charge in [0, 0.05) is 27.4 Å². The van der Waals surface area contributed by atoms with E-state index in [2.05, 4.69) is 47.0 Å². The van der Waals surface area contributed by atoms with Crippen LogP contribution < -0.4 is 5.32 Å². The molecule has 0 heterocycles. The van der Waals surface area contributed by atoms with Crippen LogP contribution in [-0.2, 0) is 6.54 Å². The van der Waals surface area contributed by atoms with Gasteiger partial charge >= 0.3 is 0 Å². The Morgan fingerprint density at radius 1 is 1.11 bits per heavy atom. The first-order valence-electron chi connectivity index (χ1n) is 5.57. The Balaban J connectivity index is 2.09. The molecular weight excluding hydrogens is 341 g/mol. The van der Waals surface area contributed by atoms with Gasteiger partial charge in [0.2, 0.25) is 0 Å². The molecule has 0 saturated heterocycles. The standard InChI is InChI=1S/C14H14INO2/c1-9-2-4-11(6-13(9)15)16-8-10-3-5-12(17)7-14(10)18/h2-7,16-18H,8H2,1H3. The van der Waals surface area contributed by atoms with E-state index in [1.807, 2.05) is 6.07 Å². The number of phenolic OH excluding ortho intramolecular Hbond substituents is 2. The number of phenols is 2. The number of halogens is 1. The number of anilines is 1. The maximum atomic E-state index is 9.67. The molecule has 0 amide bonds. The van der Waals surface area contributed by atoms with Crippen molar-refractivity contribution in [2.75, 3.05) is 5.32 Å². The minimum absolute atomic E-state index is 0.0705. The zero-order valence-corrected chi connectivity index (χ0v) is 12.1. The van der Waals surface area contributed by atoms with Gasteiger partial charge < -0.3 is 15.5 Å². The van der Waals surface area contributed by atoms with Gasteiger partial charge in [-0.1, -0.05) is 6.07 Å². The van der Waals surface area contributed by atoms with E-state index in [1.54, 1.807) is 12.1 Å². The van der Waals surface area contributed by atoms with Crippen LogP contribution in [0.4, 0.5) is 5.69 Å². The van der Waals surface area contributed by atoms with E-state index in [0.717, 1.165) is 11.3 Å². The first-order chi connectivity index (χ1) is 8.56. The van der Waals surface area contributed by atoms with E-state index in [1.165, 1.54) is 15.2 Å². The second-order valence-electron chi connectivity index (χ2n) is 4.13. The summed E-state index contributed by atoms with van der Waals surface area (Å²) >= 11 is 2.29. The molecule has 3 N–H and O–H groups in total. The molecule has 4 heteroatoms. The minimum Gasteiger partial charge on any atom is -0.508 e. The number of aromatic hydroxyl groups is 2. The molecule has 0 spiro atoms. The second kappa shape index (κ2) is 5.48. The number of hydrogen-bond donors (Lipinski definition) is 3. The van der Waals surface area contributed by atoms with Crippen LogP contribution in [0.15, 0.2) is 36.4 Å². The van der Waals surface area contributed by atoms with E-state index in [9.17, 15) is 10.2 Å². The van der Waals surface area contributed by atoms with Gasteiger partial charge in [0.1, 0.15) is 11.5 Å². The van der Waals surface area contributed by atoms with Gasteiger partial charge in [-0.3, -0.25) is 0 Å². The van der Waals surface area contributed by atoms with Crippen LogP contribution in [0.5, 0.6) is 11.5 Å². The minimum atomic E-state index is 0.0705. The Hall–Kier alpha value is -1.43. The van der Waals surface area contributed by atoms with Crippen LogP contribution in [0, 0.1) is 10.5 Å². The average Bonchev–Trinajstić information content (AvgIpc) is 2.32. The maximum absolute atomic E-state index is 9.67. The molecule has 0 bridgehead atoms. The smallest absolute Gasteiger partial charge is 0.124 e. The lowest BCUT2D eigenvalue weighted by atomic mass is 10.1. The van der Waals surface area contributed by atoms with Crippen molar-refractivity contribution in [1.29, 1.82) is 0 Å². The van der Waals surface area contributed by atoms with Gasteiger partial charge in [0.25, 0.3) is 0 Å². The van der Waals surface area contributed by atoms with Crippen LogP contribution in [0.1, 0.15) is 11.1 Å². The van der Waals surface area contributed by atoms with Crippen molar-refractivity contribution in [2.24, 2.45) is 0 Å². The normalized spacial score (nSPS) is 10.3. The van der Waals surface area contributed by atoms with Crippen molar-refractivity contribution >= 4 is 28.3 Å². The molecule has 0 fully saturated rings. The summed E-state index contributed by atoms with van der Waals surface area (Å²) in [5.41, 5.74) is 3.01. The summed E-state index contributed by atoms with van der Waals surface area (Å²) < 4.78 is 1.20. The molecule has 0 aliphatic carbocycles. The number of hydrogen-bond acceptors (Lipinski definition) is 3. The Morgan fingerprint density at radius 2 is 1.89 bits per heavy atom. The molecule has 0 aromatic heterocycles. The lowest BCUT2D eigenvalue weighted by Gasteiger charge is -2.09. The fourth-order valence-corrected chi connectivity index (χ4v) is 2.12. The number of nitrogens with one attached hydrogen (secondary N) is 1. The molecule has 2 aromatic carbocycles. The summed E-state index contributed by atoms with van der Waals surface area (Å²) in [5, 5.41) is 22.1. The van der Waals surface area contributed by atoms with E-state index in [4.69, 9.17) is 0 Å². The number of benzene rings is 2. The van der Waals surface area contributed by atoms with Crippen molar-refractivity contribution in [3.05, 3.63) is 51.1 Å². The van der Waals surface area contributed by atoms with Crippen molar-refractivity contribution in [3.63, 3.8) is 0 Å². The third-order valence-electron chi connectivity index (χ3n) is 2.72. The van der Waals surface area contributed by atoms with Crippen LogP contribution in [-0.4, -0.2) is 10.2 Å². The van der Waals surface area contributed by atoms with Crippen molar-refractivity contribution < 1.29 is 10.2 Å². The van der Waals surface area contributed by atoms with Crippen LogP contribution in [0.25, 0.3) is 0 Å². The predicted octanol–water partition coefficient (Wildman–Crippen LogP) is 3.62. The highest BCUT2D eigenvalue weighted by molar-refractivity contribution is 14.1. The molecule has 2 rings (SSSR count). The van der Waals surface area contributed by atoms with Gasteiger partial charge in [-0.2, -0.15) is 0 Å². The summed E-state index contributed by atoms with van der Waals surface area (Å²) in [6.45, 7) is 2.59. The molecule has 0 saturated carbocycles. The van der Waals surface area contributed by atoms with Gasteiger partial charge in [-0.05, 0) is 59.3 Å². The third-order valence-corrected chi connectivity index (χ3v) is 3.89. The quantitative estimate of drug-likeness (QED) is 0.738. The molecule has 2 aromatic rings. The van der Waals surface area contributed by atoms with Crippen molar-refractivity contribution in [2.45, 2.75) is 13.5 Å². The monoisotopic (exact) mass is 355 g/mol. The highest BCUT2D eigenvalue weighted by Crippen LogP contribution is 2.24. The van der Waals surface area contributed by atoms with E-state index in [-0.39, 0.29) is 11.5 Å². The Kier molecular flexibility index (Phi) is 3.96. The fourth-order valence-electron chi connectivity index (χ4n) is 1.60. The summed E-state index contributed by atoms with van der Waals surface area (Å²) in [7, 11) is 0. The highest BCUT2D eigenvalue weighted by atomic mass is 127. The largest absolute Gasteiger partial charge is 0.508 e. The summed E-state index contributed by atoms with van der Waals surface area (Å²) in [5.74, 6) is 0.172. The molecular formula is C14H14INO2. The zero-order valence-electron chi connectivity index (χ0n) is 9.94. The lowest BCUT2D eigenvalue weighted by molar-refractivity contribution is 0.446. The highest BCUT2D eigenvalue weighted by Gasteiger charge is 2.03. The van der Waals surface area contributed by atoms with E-state index in [0.29, 0.717) is 6.54 Å². The Labute approximate surface area is 120 Å². The zero-order chi connectivity index (χ0) is 13.1. The lowest BCUT2D eigenvalue weighted by Crippen LogP contribution is -2.00. The van der Waals surface area contributed by atoms with Crippen LogP contribution in [0.2, 0.25) is 0 Å². The van der Waals surface area contributed by atoms with E-state index >= 15 is 0 Å². The summed E-state index contributed by atoms with van der Waals surface area (Å²) in [4.78, 5) is 0. The van der Waals surface area contributed by atoms with Crippen LogP contribution >= 0.6 is 22.6 Å². The van der Waals surface area contributed by atoms with Gasteiger partial charge in [0.15, 0.2) is 0 Å². The average molecular weight is 355 g/mol. The van der Waals surface area contributed by atoms with Gasteiger partial charge in [0.05, 0.1) is 0 Å². The maximum Gasteiger partial charge on any atom is 0.124 e. The summed E-state index contributed by atoms with van der Waals surface area (Å²) in [6, 6.07) is 10.7. The molecule has 0 radical (unpaired) electrons.